The average Bonchev–Trinajstić information content (AvgIpc) is 2.85. The Hall–Kier alpha value is -2.83. The van der Waals surface area contributed by atoms with E-state index in [4.69, 9.17) is 0 Å². The van der Waals surface area contributed by atoms with Crippen molar-refractivity contribution in [3.05, 3.63) is 54.1 Å². The summed E-state index contributed by atoms with van der Waals surface area (Å²) in [5.74, 6) is 0.0245. The molecule has 0 bridgehead atoms. The summed E-state index contributed by atoms with van der Waals surface area (Å²) in [6.45, 7) is 1.32. The molecule has 1 aromatic heterocycles. The highest BCUT2D eigenvalue weighted by atomic mass is 19.4. The van der Waals surface area contributed by atoms with Gasteiger partial charge in [-0.3, -0.25) is 10.2 Å². The minimum atomic E-state index is -4.45. The maximum atomic E-state index is 12.9. The molecule has 0 aliphatic rings. The van der Waals surface area contributed by atoms with Crippen molar-refractivity contribution in [1.29, 1.82) is 0 Å². The lowest BCUT2D eigenvalue weighted by Crippen LogP contribution is -2.20. The third kappa shape index (κ3) is 2.90. The van der Waals surface area contributed by atoms with E-state index >= 15 is 0 Å². The molecule has 118 valence electrons. The first-order valence-corrected chi connectivity index (χ1v) is 6.79. The van der Waals surface area contributed by atoms with Gasteiger partial charge in [-0.1, -0.05) is 30.3 Å². The molecule has 0 spiro atoms. The molecule has 7 heteroatoms. The summed E-state index contributed by atoms with van der Waals surface area (Å²) in [5.41, 5.74) is 3.05. The number of fused-ring (bicyclic) bond motifs is 1. The lowest BCUT2D eigenvalue weighted by molar-refractivity contribution is -0.137. The van der Waals surface area contributed by atoms with Crippen LogP contribution in [0.3, 0.4) is 0 Å². The van der Waals surface area contributed by atoms with E-state index in [9.17, 15) is 18.0 Å². The van der Waals surface area contributed by atoms with Gasteiger partial charge in [0, 0.05) is 12.5 Å². The second-order valence-corrected chi connectivity index (χ2v) is 5.01. The largest absolute Gasteiger partial charge is 0.416 e. The highest BCUT2D eigenvalue weighted by molar-refractivity contribution is 5.88. The number of nitrogens with one attached hydrogen (secondary N) is 1. The minimum absolute atomic E-state index is 0.160. The van der Waals surface area contributed by atoms with Crippen LogP contribution in [-0.4, -0.2) is 15.6 Å². The fourth-order valence-corrected chi connectivity index (χ4v) is 2.31. The lowest BCUT2D eigenvalue weighted by Gasteiger charge is -2.10. The summed E-state index contributed by atoms with van der Waals surface area (Å²) in [6.07, 6.45) is -4.45. The number of aromatic nitrogens is 2. The summed E-state index contributed by atoms with van der Waals surface area (Å²) in [4.78, 5) is 15.7. The first-order valence-electron chi connectivity index (χ1n) is 6.79. The number of carbonyl (C=O) groups excluding carboxylic acids is 1. The number of halogens is 3. The van der Waals surface area contributed by atoms with Crippen molar-refractivity contribution < 1.29 is 18.0 Å². The normalized spacial score (nSPS) is 11.7. The molecule has 3 aromatic rings. The number of hydrogen-bond acceptors (Lipinski definition) is 2. The molecule has 1 amide bonds. The predicted molar refractivity (Wildman–Crippen MR) is 80.2 cm³/mol. The van der Waals surface area contributed by atoms with Crippen LogP contribution in [0.15, 0.2) is 48.5 Å². The summed E-state index contributed by atoms with van der Waals surface area (Å²) in [5, 5.41) is 0. The van der Waals surface area contributed by atoms with Gasteiger partial charge < -0.3 is 0 Å². The van der Waals surface area contributed by atoms with Crippen molar-refractivity contribution in [2.24, 2.45) is 0 Å². The minimum Gasteiger partial charge on any atom is -0.274 e. The van der Waals surface area contributed by atoms with Crippen LogP contribution in [0, 0.1) is 0 Å². The van der Waals surface area contributed by atoms with Crippen LogP contribution >= 0.6 is 0 Å². The molecule has 0 aliphatic carbocycles. The number of carbonyl (C=O) groups is 1. The van der Waals surface area contributed by atoms with Crippen LogP contribution in [0.1, 0.15) is 12.5 Å². The van der Waals surface area contributed by atoms with Gasteiger partial charge in [0.05, 0.1) is 16.6 Å². The Balaban J connectivity index is 2.24. The Morgan fingerprint density at radius 2 is 1.83 bits per heavy atom. The van der Waals surface area contributed by atoms with E-state index in [1.165, 1.54) is 17.7 Å². The topological polar surface area (TPSA) is 46.9 Å². The molecule has 0 atom stereocenters. The van der Waals surface area contributed by atoms with Gasteiger partial charge in [0.15, 0.2) is 5.82 Å². The van der Waals surface area contributed by atoms with E-state index in [0.717, 1.165) is 12.1 Å². The summed E-state index contributed by atoms with van der Waals surface area (Å²) < 4.78 is 40.0. The summed E-state index contributed by atoms with van der Waals surface area (Å²) in [6, 6.07) is 12.2. The van der Waals surface area contributed by atoms with Crippen molar-refractivity contribution in [2.75, 3.05) is 5.43 Å². The number of amides is 1. The molecule has 3 rings (SSSR count). The molecule has 0 fully saturated rings. The predicted octanol–water partition coefficient (Wildman–Crippen LogP) is 3.81. The molecule has 0 unspecified atom stereocenters. The number of imidazole rings is 1. The molecule has 23 heavy (non-hydrogen) atoms. The van der Waals surface area contributed by atoms with E-state index in [1.807, 2.05) is 6.07 Å². The standard InChI is InChI=1S/C16H12F3N3O/c1-10(23)21-22-14-8-7-12(16(17,18)19)9-13(14)20-15(22)11-5-3-2-4-6-11/h2-9H,1H3,(H,21,23). The van der Waals surface area contributed by atoms with Crippen LogP contribution < -0.4 is 5.43 Å². The number of hydrogen-bond donors (Lipinski definition) is 1. The zero-order valence-corrected chi connectivity index (χ0v) is 12.1. The van der Waals surface area contributed by atoms with Crippen molar-refractivity contribution in [2.45, 2.75) is 13.1 Å². The highest BCUT2D eigenvalue weighted by Crippen LogP contribution is 2.32. The molecule has 1 heterocycles. The molecule has 0 saturated carbocycles. The van der Waals surface area contributed by atoms with Crippen molar-refractivity contribution in [1.82, 2.24) is 9.66 Å². The number of alkyl halides is 3. The van der Waals surface area contributed by atoms with Crippen molar-refractivity contribution in [3.63, 3.8) is 0 Å². The van der Waals surface area contributed by atoms with Gasteiger partial charge in [-0.2, -0.15) is 13.2 Å². The fraction of sp³-hybridized carbons (Fsp3) is 0.125. The SMILES string of the molecule is CC(=O)Nn1c(-c2ccccc2)nc2cc(C(F)(F)F)ccc21. The molecule has 0 radical (unpaired) electrons. The Bertz CT molecular complexity index is 869. The van der Waals surface area contributed by atoms with Crippen LogP contribution in [-0.2, 0) is 11.0 Å². The molecule has 0 saturated heterocycles. The molecule has 4 nitrogen and oxygen atoms in total. The van der Waals surface area contributed by atoms with Gasteiger partial charge in [-0.05, 0) is 18.2 Å². The highest BCUT2D eigenvalue weighted by Gasteiger charge is 2.31. The maximum absolute atomic E-state index is 12.9. The Labute approximate surface area is 129 Å². The van der Waals surface area contributed by atoms with Crippen LogP contribution in [0.5, 0.6) is 0 Å². The van der Waals surface area contributed by atoms with Crippen LogP contribution in [0.2, 0.25) is 0 Å². The third-order valence-electron chi connectivity index (χ3n) is 3.28. The molecule has 1 N–H and O–H groups in total. The molecular formula is C16H12F3N3O. The van der Waals surface area contributed by atoms with E-state index in [1.54, 1.807) is 24.3 Å². The molecular weight excluding hydrogens is 307 g/mol. The van der Waals surface area contributed by atoms with E-state index in [2.05, 4.69) is 10.4 Å². The Morgan fingerprint density at radius 3 is 2.43 bits per heavy atom. The molecule has 0 aliphatic heterocycles. The van der Waals surface area contributed by atoms with E-state index < -0.39 is 11.7 Å². The van der Waals surface area contributed by atoms with Gasteiger partial charge in [-0.15, -0.1) is 0 Å². The zero-order valence-electron chi connectivity index (χ0n) is 12.1. The third-order valence-corrected chi connectivity index (χ3v) is 3.28. The van der Waals surface area contributed by atoms with Gasteiger partial charge in [-0.25, -0.2) is 9.66 Å². The van der Waals surface area contributed by atoms with Gasteiger partial charge in [0.2, 0.25) is 5.91 Å². The van der Waals surface area contributed by atoms with E-state index in [-0.39, 0.29) is 11.4 Å². The smallest absolute Gasteiger partial charge is 0.274 e. The Morgan fingerprint density at radius 1 is 1.13 bits per heavy atom. The Kier molecular flexibility index (Phi) is 3.55. The first-order chi connectivity index (χ1) is 10.9. The second-order valence-electron chi connectivity index (χ2n) is 5.01. The van der Waals surface area contributed by atoms with Crippen LogP contribution in [0.25, 0.3) is 22.4 Å². The lowest BCUT2D eigenvalue weighted by atomic mass is 10.2. The van der Waals surface area contributed by atoms with Gasteiger partial charge in [0.1, 0.15) is 0 Å². The second kappa shape index (κ2) is 5.42. The van der Waals surface area contributed by atoms with E-state index in [0.29, 0.717) is 16.9 Å². The quantitative estimate of drug-likeness (QED) is 0.781. The monoisotopic (exact) mass is 319 g/mol. The number of nitrogens with zero attached hydrogens (tertiary/aromatic N) is 2. The first kappa shape index (κ1) is 15.1. The van der Waals surface area contributed by atoms with Crippen LogP contribution in [0.4, 0.5) is 13.2 Å². The molecule has 2 aromatic carbocycles. The fourth-order valence-electron chi connectivity index (χ4n) is 2.31. The van der Waals surface area contributed by atoms with Crippen molar-refractivity contribution in [3.8, 4) is 11.4 Å². The maximum Gasteiger partial charge on any atom is 0.416 e. The van der Waals surface area contributed by atoms with Crippen molar-refractivity contribution >= 4 is 16.9 Å². The average molecular weight is 319 g/mol. The summed E-state index contributed by atoms with van der Waals surface area (Å²) in [7, 11) is 0. The number of rotatable bonds is 2. The van der Waals surface area contributed by atoms with Gasteiger partial charge in [0.25, 0.3) is 0 Å². The zero-order chi connectivity index (χ0) is 16.6. The summed E-state index contributed by atoms with van der Waals surface area (Å²) >= 11 is 0. The van der Waals surface area contributed by atoms with Gasteiger partial charge >= 0.3 is 6.18 Å². The number of benzene rings is 2.